The zero-order chi connectivity index (χ0) is 19.4. The van der Waals surface area contributed by atoms with Gasteiger partial charge in [-0.15, -0.1) is 0 Å². The highest BCUT2D eigenvalue weighted by molar-refractivity contribution is 6.07. The molecule has 0 atom stereocenters. The molecule has 0 fully saturated rings. The maximum atomic E-state index is 13.2. The third-order valence-corrected chi connectivity index (χ3v) is 5.52. The van der Waals surface area contributed by atoms with Gasteiger partial charge in [0, 0.05) is 18.7 Å². The summed E-state index contributed by atoms with van der Waals surface area (Å²) in [6.45, 7) is 10.2. The van der Waals surface area contributed by atoms with Gasteiger partial charge >= 0.3 is 0 Å². The zero-order valence-electron chi connectivity index (χ0n) is 16.9. The largest absolute Gasteiger partial charge is 0.495 e. The lowest BCUT2D eigenvalue weighted by Crippen LogP contribution is -2.36. The molecule has 2 aromatic rings. The van der Waals surface area contributed by atoms with Gasteiger partial charge in [0.1, 0.15) is 5.75 Å². The predicted molar refractivity (Wildman–Crippen MR) is 111 cm³/mol. The van der Waals surface area contributed by atoms with Gasteiger partial charge in [-0.2, -0.15) is 0 Å². The number of carbonyl (C=O) groups is 1. The molecule has 0 radical (unpaired) electrons. The summed E-state index contributed by atoms with van der Waals surface area (Å²) >= 11 is 0. The van der Waals surface area contributed by atoms with Crippen molar-refractivity contribution in [3.63, 3.8) is 0 Å². The average molecular weight is 367 g/mol. The van der Waals surface area contributed by atoms with Crippen LogP contribution in [-0.2, 0) is 13.0 Å². The number of benzene rings is 2. The lowest BCUT2D eigenvalue weighted by atomic mass is 9.95. The smallest absolute Gasteiger partial charge is 0.258 e. The van der Waals surface area contributed by atoms with Crippen LogP contribution in [0.5, 0.6) is 5.75 Å². The van der Waals surface area contributed by atoms with E-state index in [1.165, 1.54) is 16.7 Å². The van der Waals surface area contributed by atoms with Gasteiger partial charge in [-0.05, 0) is 67.7 Å². The van der Waals surface area contributed by atoms with E-state index >= 15 is 0 Å². The Bertz CT molecular complexity index is 795. The number of ether oxygens (including phenoxy) is 1. The average Bonchev–Trinajstić information content (AvgIpc) is 2.72. The molecule has 0 N–H and O–H groups in total. The zero-order valence-corrected chi connectivity index (χ0v) is 16.9. The van der Waals surface area contributed by atoms with E-state index in [0.29, 0.717) is 0 Å². The highest BCUT2D eigenvalue weighted by atomic mass is 16.5. The van der Waals surface area contributed by atoms with Crippen molar-refractivity contribution in [2.75, 3.05) is 31.6 Å². The molecule has 1 amide bonds. The first-order valence-corrected chi connectivity index (χ1v) is 9.88. The van der Waals surface area contributed by atoms with Crippen LogP contribution in [-0.4, -0.2) is 37.6 Å². The molecule has 0 aromatic heterocycles. The minimum absolute atomic E-state index is 0.0502. The summed E-state index contributed by atoms with van der Waals surface area (Å²) in [6.07, 6.45) is 1.97. The van der Waals surface area contributed by atoms with Gasteiger partial charge in [-0.3, -0.25) is 9.69 Å². The summed E-state index contributed by atoms with van der Waals surface area (Å²) in [7, 11) is 1.67. The monoisotopic (exact) mass is 366 g/mol. The first-order chi connectivity index (χ1) is 13.1. The normalized spacial score (nSPS) is 13.6. The topological polar surface area (TPSA) is 32.8 Å². The van der Waals surface area contributed by atoms with Crippen molar-refractivity contribution >= 4 is 11.6 Å². The Hall–Kier alpha value is -2.33. The van der Waals surface area contributed by atoms with E-state index in [4.69, 9.17) is 4.74 Å². The second kappa shape index (κ2) is 8.57. The molecule has 144 valence electrons. The van der Waals surface area contributed by atoms with Gasteiger partial charge < -0.3 is 9.64 Å². The summed E-state index contributed by atoms with van der Waals surface area (Å²) in [5.74, 6) is 0.830. The van der Waals surface area contributed by atoms with Crippen molar-refractivity contribution in [1.29, 1.82) is 0 Å². The number of amides is 1. The van der Waals surface area contributed by atoms with Crippen molar-refractivity contribution < 1.29 is 9.53 Å². The molecule has 1 heterocycles. The summed E-state index contributed by atoms with van der Waals surface area (Å²) in [5.41, 5.74) is 5.36. The molecule has 0 spiro atoms. The Morgan fingerprint density at radius 1 is 1.11 bits per heavy atom. The molecule has 2 aromatic carbocycles. The quantitative estimate of drug-likeness (QED) is 0.758. The fourth-order valence-corrected chi connectivity index (χ4v) is 3.83. The number of methoxy groups -OCH3 is 1. The molecule has 1 aliphatic rings. The third-order valence-electron chi connectivity index (χ3n) is 5.52. The lowest BCUT2D eigenvalue weighted by molar-refractivity contribution is 0.0984. The van der Waals surface area contributed by atoms with Gasteiger partial charge in [-0.1, -0.05) is 32.0 Å². The molecular weight excluding hydrogens is 336 g/mol. The molecule has 4 heteroatoms. The van der Waals surface area contributed by atoms with Crippen molar-refractivity contribution in [1.82, 2.24) is 4.90 Å². The highest BCUT2D eigenvalue weighted by Gasteiger charge is 2.27. The molecule has 0 saturated heterocycles. The van der Waals surface area contributed by atoms with Crippen LogP contribution in [0, 0.1) is 6.92 Å². The lowest BCUT2D eigenvalue weighted by Gasteiger charge is -2.32. The number of hydrogen-bond donors (Lipinski definition) is 0. The number of hydrogen-bond acceptors (Lipinski definition) is 3. The second-order valence-electron chi connectivity index (χ2n) is 7.13. The minimum atomic E-state index is 0.0502. The fourth-order valence-electron chi connectivity index (χ4n) is 3.83. The van der Waals surface area contributed by atoms with E-state index in [9.17, 15) is 4.79 Å². The number of anilines is 1. The molecule has 0 aliphatic carbocycles. The molecule has 1 aliphatic heterocycles. The van der Waals surface area contributed by atoms with E-state index in [1.807, 2.05) is 23.1 Å². The molecule has 3 rings (SSSR count). The fraction of sp³-hybridized carbons (Fsp3) is 0.435. The van der Waals surface area contributed by atoms with E-state index in [-0.39, 0.29) is 5.91 Å². The van der Waals surface area contributed by atoms with Crippen LogP contribution >= 0.6 is 0 Å². The number of nitrogens with zero attached hydrogens (tertiary/aromatic N) is 2. The Morgan fingerprint density at radius 3 is 2.44 bits per heavy atom. The predicted octanol–water partition coefficient (Wildman–Crippen LogP) is 4.44. The van der Waals surface area contributed by atoms with Crippen LogP contribution in [0.15, 0.2) is 36.4 Å². The van der Waals surface area contributed by atoms with E-state index < -0.39 is 0 Å². The summed E-state index contributed by atoms with van der Waals surface area (Å²) in [5, 5.41) is 0. The highest BCUT2D eigenvalue weighted by Crippen LogP contribution is 2.38. The van der Waals surface area contributed by atoms with Crippen LogP contribution in [0.4, 0.5) is 5.69 Å². The van der Waals surface area contributed by atoms with Crippen LogP contribution in [0.25, 0.3) is 0 Å². The minimum Gasteiger partial charge on any atom is -0.495 e. The summed E-state index contributed by atoms with van der Waals surface area (Å²) in [6, 6.07) is 12.1. The van der Waals surface area contributed by atoms with Gasteiger partial charge in [0.25, 0.3) is 5.91 Å². The first kappa shape index (κ1) is 19.4. The number of rotatable bonds is 6. The van der Waals surface area contributed by atoms with Crippen molar-refractivity contribution in [3.05, 3.63) is 58.7 Å². The summed E-state index contributed by atoms with van der Waals surface area (Å²) < 4.78 is 5.57. The van der Waals surface area contributed by atoms with Crippen LogP contribution in [0.2, 0.25) is 0 Å². The molecular formula is C23H30N2O2. The van der Waals surface area contributed by atoms with Crippen LogP contribution < -0.4 is 9.64 Å². The van der Waals surface area contributed by atoms with Gasteiger partial charge in [0.2, 0.25) is 0 Å². The van der Waals surface area contributed by atoms with Gasteiger partial charge in [-0.25, -0.2) is 0 Å². The SMILES string of the molecule is CCN(CC)Cc1ccc(C(=O)N2CCCc3c(C)ccc(OC)c32)cc1. The first-order valence-electron chi connectivity index (χ1n) is 9.88. The van der Waals surface area contributed by atoms with Crippen molar-refractivity contribution in [3.8, 4) is 5.75 Å². The molecule has 0 bridgehead atoms. The Kier molecular flexibility index (Phi) is 6.17. The van der Waals surface area contributed by atoms with Crippen molar-refractivity contribution in [2.24, 2.45) is 0 Å². The van der Waals surface area contributed by atoms with E-state index in [0.717, 1.165) is 56.0 Å². The van der Waals surface area contributed by atoms with Gasteiger partial charge in [0.05, 0.1) is 12.8 Å². The maximum absolute atomic E-state index is 13.2. The standard InChI is InChI=1S/C23H30N2O2/c1-5-24(6-2)16-18-10-12-19(13-11-18)23(26)25-15-7-8-20-17(3)9-14-21(27-4)22(20)25/h9-14H,5-8,15-16H2,1-4H3. The van der Waals surface area contributed by atoms with Gasteiger partial charge in [0.15, 0.2) is 0 Å². The van der Waals surface area contributed by atoms with E-state index in [1.54, 1.807) is 7.11 Å². The molecule has 27 heavy (non-hydrogen) atoms. The number of aryl methyl sites for hydroxylation is 1. The molecule has 4 nitrogen and oxygen atoms in total. The van der Waals surface area contributed by atoms with Crippen LogP contribution in [0.1, 0.15) is 47.3 Å². The molecule has 0 unspecified atom stereocenters. The molecule has 0 saturated carbocycles. The van der Waals surface area contributed by atoms with Crippen LogP contribution in [0.3, 0.4) is 0 Å². The second-order valence-corrected chi connectivity index (χ2v) is 7.13. The Labute approximate surface area is 162 Å². The third kappa shape index (κ3) is 4.01. The maximum Gasteiger partial charge on any atom is 0.258 e. The summed E-state index contributed by atoms with van der Waals surface area (Å²) in [4.78, 5) is 17.5. The van der Waals surface area contributed by atoms with E-state index in [2.05, 4.69) is 43.9 Å². The number of carbonyl (C=O) groups excluding carboxylic acids is 1. The Balaban J connectivity index is 1.87. The Morgan fingerprint density at radius 2 is 1.81 bits per heavy atom. The number of fused-ring (bicyclic) bond motifs is 1. The van der Waals surface area contributed by atoms with Crippen molar-refractivity contribution in [2.45, 2.75) is 40.2 Å².